The Morgan fingerprint density at radius 1 is 1.14 bits per heavy atom. The summed E-state index contributed by atoms with van der Waals surface area (Å²) in [6, 6.07) is 13.2. The highest BCUT2D eigenvalue weighted by molar-refractivity contribution is 6.31. The molecule has 3 aromatic rings. The number of likely N-dealkylation sites (tertiary alicyclic amines) is 1. The van der Waals surface area contributed by atoms with Crippen molar-refractivity contribution in [1.29, 1.82) is 0 Å². The number of aliphatic imine (C=N–C) groups is 1. The van der Waals surface area contributed by atoms with Gasteiger partial charge in [0, 0.05) is 43.4 Å². The molecule has 1 aromatic carbocycles. The van der Waals surface area contributed by atoms with Gasteiger partial charge >= 0.3 is 0 Å². The van der Waals surface area contributed by atoms with Crippen LogP contribution < -0.4 is 0 Å². The van der Waals surface area contributed by atoms with Crippen molar-refractivity contribution in [3.05, 3.63) is 89.0 Å². The number of hydrogen-bond donors (Lipinski definition) is 0. The Bertz CT molecular complexity index is 1270. The number of carbonyl (C=O) groups is 1. The molecule has 4 heterocycles. The average Bonchev–Trinajstić information content (AvgIpc) is 3.54. The number of rotatable bonds is 6. The first-order valence-corrected chi connectivity index (χ1v) is 11.9. The number of furan rings is 1. The van der Waals surface area contributed by atoms with E-state index >= 15 is 4.39 Å². The van der Waals surface area contributed by atoms with Gasteiger partial charge in [0.05, 0.1) is 16.8 Å². The maximum atomic E-state index is 16.1. The molecule has 180 valence electrons. The third-order valence-electron chi connectivity index (χ3n) is 6.63. The lowest BCUT2D eigenvalue weighted by molar-refractivity contribution is 0.0322. The van der Waals surface area contributed by atoms with Crippen LogP contribution in [-0.4, -0.2) is 46.3 Å². The molecule has 5 rings (SSSR count). The minimum atomic E-state index is -1.48. The summed E-state index contributed by atoms with van der Waals surface area (Å²) in [6.07, 6.45) is 8.13. The first-order valence-electron chi connectivity index (χ1n) is 11.5. The third kappa shape index (κ3) is 5.05. The van der Waals surface area contributed by atoms with Gasteiger partial charge in [0.2, 0.25) is 0 Å². The van der Waals surface area contributed by atoms with Gasteiger partial charge in [0.15, 0.2) is 5.76 Å². The highest BCUT2D eigenvalue weighted by Gasteiger charge is 2.44. The zero-order valence-corrected chi connectivity index (χ0v) is 19.7. The summed E-state index contributed by atoms with van der Waals surface area (Å²) in [4.78, 5) is 23.8. The van der Waals surface area contributed by atoms with E-state index in [-0.39, 0.29) is 43.3 Å². The Morgan fingerprint density at radius 3 is 2.66 bits per heavy atom. The second-order valence-corrected chi connectivity index (χ2v) is 9.57. The molecular weight excluding hydrogens is 472 g/mol. The van der Waals surface area contributed by atoms with Crippen LogP contribution in [0.15, 0.2) is 76.4 Å². The Labute approximate surface area is 207 Å². The van der Waals surface area contributed by atoms with Crippen molar-refractivity contribution >= 4 is 23.7 Å². The van der Waals surface area contributed by atoms with Crippen molar-refractivity contribution in [2.75, 3.05) is 13.1 Å². The Balaban J connectivity index is 1.27. The van der Waals surface area contributed by atoms with E-state index in [1.807, 2.05) is 42.5 Å². The highest BCUT2D eigenvalue weighted by Crippen LogP contribution is 2.40. The van der Waals surface area contributed by atoms with Gasteiger partial charge in [-0.3, -0.25) is 9.79 Å². The predicted octanol–water partition coefficient (Wildman–Crippen LogP) is 6.09. The van der Waals surface area contributed by atoms with Crippen molar-refractivity contribution in [3.8, 4) is 11.5 Å². The third-order valence-corrected chi connectivity index (χ3v) is 6.92. The molecule has 1 fully saturated rings. The molecular formula is C27H24ClF2N3O2. The number of nitrogens with zero attached hydrogens (tertiary/aromatic N) is 3. The molecule has 0 bridgehead atoms. The van der Waals surface area contributed by atoms with E-state index in [1.54, 1.807) is 17.4 Å². The van der Waals surface area contributed by atoms with Gasteiger partial charge in [-0.1, -0.05) is 23.7 Å². The zero-order chi connectivity index (χ0) is 24.5. The molecule has 0 spiro atoms. The predicted molar refractivity (Wildman–Crippen MR) is 131 cm³/mol. The van der Waals surface area contributed by atoms with Crippen LogP contribution in [0.25, 0.3) is 11.5 Å². The van der Waals surface area contributed by atoms with E-state index < -0.39 is 17.0 Å². The summed E-state index contributed by atoms with van der Waals surface area (Å²) in [7, 11) is 0. The molecule has 1 unspecified atom stereocenters. The van der Waals surface area contributed by atoms with Gasteiger partial charge in [0.1, 0.15) is 17.2 Å². The lowest BCUT2D eigenvalue weighted by atomic mass is 9.78. The quantitative estimate of drug-likeness (QED) is 0.415. The highest BCUT2D eigenvalue weighted by atomic mass is 35.5. The molecule has 0 aliphatic carbocycles. The minimum Gasteiger partial charge on any atom is -0.463 e. The first kappa shape index (κ1) is 23.4. The first-order chi connectivity index (χ1) is 16.8. The molecule has 1 atom stereocenters. The standard InChI is InChI=1S/C27H24ClF2N3O2/c28-21-16-19(7-8-22(21)29)25(34)33-13-10-26(30,11-14-33)18-27(9-3-12-31-27)17-20-4-1-5-23(32-20)24-6-2-15-35-24/h1-9,12,15-16H,10-11,13-14,17-18H2. The smallest absolute Gasteiger partial charge is 0.253 e. The SMILES string of the molecule is O=C(c1ccc(F)c(Cl)c1)N1CCC(F)(CC2(Cc3cccc(-c4ccco4)n3)C=CC=N2)CC1. The Morgan fingerprint density at radius 2 is 1.97 bits per heavy atom. The molecule has 35 heavy (non-hydrogen) atoms. The number of allylic oxidation sites excluding steroid dienone is 1. The van der Waals surface area contributed by atoms with Crippen LogP contribution in [-0.2, 0) is 6.42 Å². The fourth-order valence-electron chi connectivity index (χ4n) is 4.83. The van der Waals surface area contributed by atoms with Crippen molar-refractivity contribution in [2.45, 2.75) is 36.9 Å². The molecule has 2 aromatic heterocycles. The fraction of sp³-hybridized carbons (Fsp3) is 0.296. The second kappa shape index (κ2) is 9.38. The number of piperidine rings is 1. The molecule has 1 saturated heterocycles. The van der Waals surface area contributed by atoms with Crippen molar-refractivity contribution in [1.82, 2.24) is 9.88 Å². The van der Waals surface area contributed by atoms with Gasteiger partial charge in [-0.2, -0.15) is 0 Å². The lowest BCUT2D eigenvalue weighted by Gasteiger charge is -2.40. The van der Waals surface area contributed by atoms with Gasteiger partial charge in [-0.05, 0) is 61.4 Å². The van der Waals surface area contributed by atoms with E-state index in [2.05, 4.69) is 4.99 Å². The molecule has 2 aliphatic rings. The van der Waals surface area contributed by atoms with Crippen LogP contribution in [0.4, 0.5) is 8.78 Å². The normalized spacial score (nSPS) is 20.9. The van der Waals surface area contributed by atoms with E-state index in [1.165, 1.54) is 18.2 Å². The van der Waals surface area contributed by atoms with E-state index in [4.69, 9.17) is 21.0 Å². The molecule has 0 radical (unpaired) electrons. The van der Waals surface area contributed by atoms with Crippen molar-refractivity contribution < 1.29 is 18.0 Å². The number of halogens is 3. The summed E-state index contributed by atoms with van der Waals surface area (Å²) in [5.74, 6) is -0.182. The van der Waals surface area contributed by atoms with Crippen LogP contribution in [0, 0.1) is 5.82 Å². The lowest BCUT2D eigenvalue weighted by Crippen LogP contribution is -2.48. The number of pyridine rings is 1. The van der Waals surface area contributed by atoms with Crippen LogP contribution in [0.5, 0.6) is 0 Å². The van der Waals surface area contributed by atoms with Crippen LogP contribution in [0.3, 0.4) is 0 Å². The molecule has 2 aliphatic heterocycles. The van der Waals surface area contributed by atoms with E-state index in [9.17, 15) is 9.18 Å². The van der Waals surface area contributed by atoms with Gasteiger partial charge in [-0.25, -0.2) is 13.8 Å². The van der Waals surface area contributed by atoms with Crippen molar-refractivity contribution in [3.63, 3.8) is 0 Å². The minimum absolute atomic E-state index is 0.106. The second-order valence-electron chi connectivity index (χ2n) is 9.16. The number of hydrogen-bond acceptors (Lipinski definition) is 4. The van der Waals surface area contributed by atoms with Crippen LogP contribution >= 0.6 is 11.6 Å². The van der Waals surface area contributed by atoms with Crippen molar-refractivity contribution in [2.24, 2.45) is 4.99 Å². The summed E-state index contributed by atoms with van der Waals surface area (Å²) < 4.78 is 35.0. The summed E-state index contributed by atoms with van der Waals surface area (Å²) in [5.41, 5.74) is -0.407. The number of aromatic nitrogens is 1. The van der Waals surface area contributed by atoms with Gasteiger partial charge < -0.3 is 9.32 Å². The van der Waals surface area contributed by atoms with Gasteiger partial charge in [0.25, 0.3) is 5.91 Å². The van der Waals surface area contributed by atoms with Crippen LogP contribution in [0.2, 0.25) is 5.02 Å². The maximum absolute atomic E-state index is 16.1. The number of amides is 1. The summed E-state index contributed by atoms with van der Waals surface area (Å²) in [5, 5.41) is -0.106. The molecule has 5 nitrogen and oxygen atoms in total. The molecule has 0 saturated carbocycles. The number of carbonyl (C=O) groups excluding carboxylic acids is 1. The van der Waals surface area contributed by atoms with Crippen LogP contribution in [0.1, 0.15) is 35.3 Å². The monoisotopic (exact) mass is 495 g/mol. The largest absolute Gasteiger partial charge is 0.463 e. The maximum Gasteiger partial charge on any atom is 0.253 e. The molecule has 8 heteroatoms. The topological polar surface area (TPSA) is 58.7 Å². The van der Waals surface area contributed by atoms with Gasteiger partial charge in [-0.15, -0.1) is 0 Å². The zero-order valence-electron chi connectivity index (χ0n) is 19.0. The molecule has 0 N–H and O–H groups in total. The molecule has 1 amide bonds. The van der Waals surface area contributed by atoms with E-state index in [0.29, 0.717) is 17.7 Å². The summed E-state index contributed by atoms with van der Waals surface area (Å²) >= 11 is 5.82. The Kier molecular flexibility index (Phi) is 6.28. The summed E-state index contributed by atoms with van der Waals surface area (Å²) in [6.45, 7) is 0.528. The Hall–Kier alpha value is -3.32. The number of benzene rings is 1. The average molecular weight is 496 g/mol. The van der Waals surface area contributed by atoms with E-state index in [0.717, 1.165) is 11.4 Å². The fourth-order valence-corrected chi connectivity index (χ4v) is 5.01. The number of alkyl halides is 1.